The number of nitrogens with zero attached hydrogens (tertiary/aromatic N) is 2. The lowest BCUT2D eigenvalue weighted by atomic mass is 10.2. The molecule has 0 fully saturated rings. The number of alkyl halides is 2. The molecule has 0 saturated carbocycles. The molecule has 0 unspecified atom stereocenters. The van der Waals surface area contributed by atoms with Crippen molar-refractivity contribution in [1.29, 1.82) is 0 Å². The van der Waals surface area contributed by atoms with Gasteiger partial charge >= 0.3 is 0 Å². The van der Waals surface area contributed by atoms with Gasteiger partial charge in [0.15, 0.2) is 0 Å². The molecule has 0 radical (unpaired) electrons. The van der Waals surface area contributed by atoms with Crippen molar-refractivity contribution in [2.75, 3.05) is 25.0 Å². The second-order valence-corrected chi connectivity index (χ2v) is 4.23. The third-order valence-corrected chi connectivity index (χ3v) is 2.67. The van der Waals surface area contributed by atoms with Crippen LogP contribution in [0.25, 0.3) is 0 Å². The Hall–Kier alpha value is -1.23. The Balaban J connectivity index is 2.88. The molecule has 0 aliphatic heterocycles. The number of rotatable bonds is 7. The zero-order valence-electron chi connectivity index (χ0n) is 11.2. The molecule has 0 aliphatic rings. The molecular weight excluding hydrogens is 236 g/mol. The molecule has 0 atom stereocenters. The van der Waals surface area contributed by atoms with Gasteiger partial charge in [-0.25, -0.2) is 13.8 Å². The van der Waals surface area contributed by atoms with Crippen molar-refractivity contribution < 1.29 is 8.78 Å². The van der Waals surface area contributed by atoms with E-state index in [1.165, 1.54) is 4.90 Å². The van der Waals surface area contributed by atoms with E-state index in [9.17, 15) is 8.78 Å². The maximum atomic E-state index is 12.4. The van der Waals surface area contributed by atoms with Gasteiger partial charge in [-0.1, -0.05) is 13.8 Å². The summed E-state index contributed by atoms with van der Waals surface area (Å²) < 4.78 is 24.7. The molecule has 0 amide bonds. The molecule has 0 bridgehead atoms. The molecule has 102 valence electrons. The minimum Gasteiger partial charge on any atom is -0.354 e. The average Bonchev–Trinajstić information content (AvgIpc) is 2.35. The van der Waals surface area contributed by atoms with Gasteiger partial charge in [0.25, 0.3) is 6.43 Å². The molecule has 0 spiro atoms. The highest BCUT2D eigenvalue weighted by Gasteiger charge is 2.11. The minimum atomic E-state index is -2.35. The first-order valence-electron chi connectivity index (χ1n) is 6.26. The Kier molecular flexibility index (Phi) is 5.98. The van der Waals surface area contributed by atoms with E-state index in [0.29, 0.717) is 5.82 Å². The summed E-state index contributed by atoms with van der Waals surface area (Å²) in [5, 5.41) is 3.23. The molecule has 3 nitrogen and oxygen atoms in total. The normalized spacial score (nSPS) is 11.0. The SMILES string of the molecule is CCNCc1cc(CC)nc(N(C)CC(F)F)c1. The van der Waals surface area contributed by atoms with E-state index in [2.05, 4.69) is 10.3 Å². The van der Waals surface area contributed by atoms with Gasteiger partial charge in [0.05, 0.1) is 6.54 Å². The fourth-order valence-corrected chi connectivity index (χ4v) is 1.68. The molecule has 1 aromatic rings. The Morgan fingerprint density at radius 2 is 2.06 bits per heavy atom. The third-order valence-electron chi connectivity index (χ3n) is 2.67. The highest BCUT2D eigenvalue weighted by atomic mass is 19.3. The molecule has 1 aromatic heterocycles. The van der Waals surface area contributed by atoms with Crippen LogP contribution in [-0.4, -0.2) is 31.5 Å². The molecule has 18 heavy (non-hydrogen) atoms. The van der Waals surface area contributed by atoms with Crippen molar-refractivity contribution in [2.24, 2.45) is 0 Å². The Morgan fingerprint density at radius 1 is 1.33 bits per heavy atom. The first kappa shape index (κ1) is 14.8. The van der Waals surface area contributed by atoms with E-state index in [1.807, 2.05) is 26.0 Å². The van der Waals surface area contributed by atoms with Crippen molar-refractivity contribution in [3.8, 4) is 0 Å². The van der Waals surface area contributed by atoms with E-state index in [0.717, 1.165) is 30.8 Å². The molecular formula is C13H21F2N3. The molecule has 1 heterocycles. The highest BCUT2D eigenvalue weighted by molar-refractivity contribution is 5.42. The minimum absolute atomic E-state index is 0.291. The van der Waals surface area contributed by atoms with Crippen LogP contribution >= 0.6 is 0 Å². The van der Waals surface area contributed by atoms with Crippen LogP contribution in [0.15, 0.2) is 12.1 Å². The largest absolute Gasteiger partial charge is 0.354 e. The van der Waals surface area contributed by atoms with Crippen LogP contribution in [0.4, 0.5) is 14.6 Å². The van der Waals surface area contributed by atoms with Gasteiger partial charge in [-0.3, -0.25) is 0 Å². The molecule has 0 aliphatic carbocycles. The Morgan fingerprint density at radius 3 is 2.61 bits per heavy atom. The lowest BCUT2D eigenvalue weighted by Gasteiger charge is -2.19. The van der Waals surface area contributed by atoms with E-state index < -0.39 is 6.43 Å². The first-order chi connectivity index (χ1) is 8.56. The molecule has 1 rings (SSSR count). The fourth-order valence-electron chi connectivity index (χ4n) is 1.68. The maximum Gasteiger partial charge on any atom is 0.255 e. The van der Waals surface area contributed by atoms with Crippen LogP contribution in [0.3, 0.4) is 0 Å². The van der Waals surface area contributed by atoms with Gasteiger partial charge in [-0.2, -0.15) is 0 Å². The van der Waals surface area contributed by atoms with Gasteiger partial charge in [-0.15, -0.1) is 0 Å². The summed E-state index contributed by atoms with van der Waals surface area (Å²) >= 11 is 0. The van der Waals surface area contributed by atoms with Crippen molar-refractivity contribution in [3.63, 3.8) is 0 Å². The first-order valence-corrected chi connectivity index (χ1v) is 6.26. The quantitative estimate of drug-likeness (QED) is 0.813. The number of aryl methyl sites for hydroxylation is 1. The second-order valence-electron chi connectivity index (χ2n) is 4.23. The van der Waals surface area contributed by atoms with Crippen LogP contribution in [0, 0.1) is 0 Å². The summed E-state index contributed by atoms with van der Waals surface area (Å²) in [6.45, 7) is 5.37. The van der Waals surface area contributed by atoms with Crippen LogP contribution in [0.1, 0.15) is 25.1 Å². The average molecular weight is 257 g/mol. The van der Waals surface area contributed by atoms with Crippen molar-refractivity contribution in [3.05, 3.63) is 23.4 Å². The monoisotopic (exact) mass is 257 g/mol. The zero-order chi connectivity index (χ0) is 13.5. The number of hydrogen-bond donors (Lipinski definition) is 1. The lowest BCUT2D eigenvalue weighted by Crippen LogP contribution is -2.25. The maximum absolute atomic E-state index is 12.4. The topological polar surface area (TPSA) is 28.2 Å². The van der Waals surface area contributed by atoms with Gasteiger partial charge < -0.3 is 10.2 Å². The number of pyridine rings is 1. The number of anilines is 1. The number of aromatic nitrogens is 1. The number of hydrogen-bond acceptors (Lipinski definition) is 3. The van der Waals surface area contributed by atoms with Crippen LogP contribution in [0.5, 0.6) is 0 Å². The van der Waals surface area contributed by atoms with Gasteiger partial charge in [0, 0.05) is 19.3 Å². The zero-order valence-corrected chi connectivity index (χ0v) is 11.2. The Labute approximate surface area is 107 Å². The van der Waals surface area contributed by atoms with E-state index >= 15 is 0 Å². The van der Waals surface area contributed by atoms with Crippen molar-refractivity contribution in [2.45, 2.75) is 33.2 Å². The predicted molar refractivity (Wildman–Crippen MR) is 70.3 cm³/mol. The van der Waals surface area contributed by atoms with Gasteiger partial charge in [-0.05, 0) is 30.7 Å². The Bertz CT molecular complexity index is 369. The summed E-state index contributed by atoms with van der Waals surface area (Å²) in [7, 11) is 1.64. The van der Waals surface area contributed by atoms with Crippen LogP contribution in [0.2, 0.25) is 0 Å². The standard InChI is InChI=1S/C13H21F2N3/c1-4-11-6-10(8-16-5-2)7-13(17-11)18(3)9-12(14)15/h6-7,12,16H,4-5,8-9H2,1-3H3. The summed E-state index contributed by atoms with van der Waals surface area (Å²) in [6, 6.07) is 3.88. The summed E-state index contributed by atoms with van der Waals surface area (Å²) in [4.78, 5) is 5.88. The van der Waals surface area contributed by atoms with Gasteiger partial charge in [0.2, 0.25) is 0 Å². The summed E-state index contributed by atoms with van der Waals surface area (Å²) in [6.07, 6.45) is -1.55. The molecule has 0 saturated heterocycles. The molecule has 5 heteroatoms. The van der Waals surface area contributed by atoms with E-state index in [1.54, 1.807) is 7.05 Å². The smallest absolute Gasteiger partial charge is 0.255 e. The van der Waals surface area contributed by atoms with E-state index in [4.69, 9.17) is 0 Å². The molecule has 1 N–H and O–H groups in total. The lowest BCUT2D eigenvalue weighted by molar-refractivity contribution is 0.156. The highest BCUT2D eigenvalue weighted by Crippen LogP contribution is 2.15. The second kappa shape index (κ2) is 7.26. The summed E-state index contributed by atoms with van der Waals surface area (Å²) in [5.74, 6) is 0.613. The van der Waals surface area contributed by atoms with E-state index in [-0.39, 0.29) is 6.54 Å². The van der Waals surface area contributed by atoms with Crippen LogP contribution < -0.4 is 10.2 Å². The predicted octanol–water partition coefficient (Wildman–Crippen LogP) is 2.45. The number of halogens is 2. The molecule has 0 aromatic carbocycles. The van der Waals surface area contributed by atoms with Gasteiger partial charge in [0.1, 0.15) is 5.82 Å². The van der Waals surface area contributed by atoms with Crippen molar-refractivity contribution >= 4 is 5.82 Å². The number of nitrogens with one attached hydrogen (secondary N) is 1. The third kappa shape index (κ3) is 4.56. The van der Waals surface area contributed by atoms with Crippen LogP contribution in [-0.2, 0) is 13.0 Å². The van der Waals surface area contributed by atoms with Crippen molar-refractivity contribution in [1.82, 2.24) is 10.3 Å². The summed E-state index contributed by atoms with van der Waals surface area (Å²) in [5.41, 5.74) is 2.02. The fraction of sp³-hybridized carbons (Fsp3) is 0.615.